The van der Waals surface area contributed by atoms with E-state index < -0.39 is 0 Å². The first-order valence-corrected chi connectivity index (χ1v) is 7.93. The summed E-state index contributed by atoms with van der Waals surface area (Å²) in [4.78, 5) is 8.78. The highest BCUT2D eigenvalue weighted by Gasteiger charge is 2.02. The quantitative estimate of drug-likeness (QED) is 0.501. The zero-order chi connectivity index (χ0) is 16.2. The number of hydrogen-bond donors (Lipinski definition) is 0. The maximum absolute atomic E-state index is 4.39. The van der Waals surface area contributed by atoms with Crippen LogP contribution in [0.15, 0.2) is 97.3 Å². The molecular formula is C22H16N2. The zero-order valence-electron chi connectivity index (χ0n) is 13.1. The van der Waals surface area contributed by atoms with Crippen LogP contribution in [0.2, 0.25) is 0 Å². The van der Waals surface area contributed by atoms with Crippen molar-refractivity contribution in [1.82, 2.24) is 9.97 Å². The van der Waals surface area contributed by atoms with Gasteiger partial charge in [-0.05, 0) is 35.4 Å². The second-order valence-electron chi connectivity index (χ2n) is 5.58. The van der Waals surface area contributed by atoms with Crippen LogP contribution in [0.4, 0.5) is 0 Å². The summed E-state index contributed by atoms with van der Waals surface area (Å²) in [6, 6.07) is 28.9. The summed E-state index contributed by atoms with van der Waals surface area (Å²) in [6.45, 7) is 0. The lowest BCUT2D eigenvalue weighted by molar-refractivity contribution is 1.32. The maximum Gasteiger partial charge on any atom is 0.0701 e. The first-order valence-electron chi connectivity index (χ1n) is 7.93. The van der Waals surface area contributed by atoms with E-state index in [0.717, 1.165) is 22.5 Å². The number of rotatable bonds is 3. The molecule has 0 aliphatic rings. The number of pyridine rings is 2. The molecule has 114 valence electrons. The number of benzene rings is 2. The molecule has 0 spiro atoms. The molecule has 0 saturated carbocycles. The Morgan fingerprint density at radius 2 is 0.750 bits per heavy atom. The molecule has 0 bridgehead atoms. The van der Waals surface area contributed by atoms with Gasteiger partial charge in [-0.15, -0.1) is 0 Å². The molecule has 0 N–H and O–H groups in total. The zero-order valence-corrected chi connectivity index (χ0v) is 13.1. The van der Waals surface area contributed by atoms with Crippen molar-refractivity contribution >= 4 is 0 Å². The topological polar surface area (TPSA) is 25.8 Å². The molecule has 2 heterocycles. The van der Waals surface area contributed by atoms with Crippen LogP contribution in [0.25, 0.3) is 33.6 Å². The predicted octanol–water partition coefficient (Wildman–Crippen LogP) is 5.48. The van der Waals surface area contributed by atoms with Crippen molar-refractivity contribution in [3.63, 3.8) is 0 Å². The van der Waals surface area contributed by atoms with E-state index in [4.69, 9.17) is 0 Å². The van der Waals surface area contributed by atoms with Gasteiger partial charge >= 0.3 is 0 Å². The van der Waals surface area contributed by atoms with Gasteiger partial charge in [0.05, 0.1) is 11.4 Å². The third-order valence-corrected chi connectivity index (χ3v) is 4.02. The van der Waals surface area contributed by atoms with Gasteiger partial charge in [-0.3, -0.25) is 9.97 Å². The molecule has 2 heteroatoms. The second-order valence-corrected chi connectivity index (χ2v) is 5.58. The Kier molecular flexibility index (Phi) is 3.86. The number of nitrogens with zero attached hydrogens (tertiary/aromatic N) is 2. The van der Waals surface area contributed by atoms with Gasteiger partial charge in [-0.25, -0.2) is 0 Å². The summed E-state index contributed by atoms with van der Waals surface area (Å²) >= 11 is 0. The lowest BCUT2D eigenvalue weighted by Crippen LogP contribution is -1.84. The van der Waals surface area contributed by atoms with Crippen molar-refractivity contribution in [2.45, 2.75) is 0 Å². The largest absolute Gasteiger partial charge is 0.256 e. The van der Waals surface area contributed by atoms with Crippen molar-refractivity contribution in [2.75, 3.05) is 0 Å². The molecule has 0 aliphatic carbocycles. The van der Waals surface area contributed by atoms with Crippen LogP contribution in [0.3, 0.4) is 0 Å². The van der Waals surface area contributed by atoms with E-state index in [-0.39, 0.29) is 0 Å². The highest BCUT2D eigenvalue weighted by Crippen LogP contribution is 2.26. The minimum atomic E-state index is 0.995. The Morgan fingerprint density at radius 1 is 0.375 bits per heavy atom. The summed E-state index contributed by atoms with van der Waals surface area (Å²) in [5.74, 6) is 0. The van der Waals surface area contributed by atoms with E-state index in [2.05, 4.69) is 58.5 Å². The van der Waals surface area contributed by atoms with Crippen LogP contribution in [0, 0.1) is 0 Å². The minimum absolute atomic E-state index is 0.995. The highest BCUT2D eigenvalue weighted by atomic mass is 14.7. The van der Waals surface area contributed by atoms with Crippen molar-refractivity contribution in [1.29, 1.82) is 0 Å². The Bertz CT molecular complexity index is 832. The van der Waals surface area contributed by atoms with Crippen molar-refractivity contribution in [2.24, 2.45) is 0 Å². The lowest BCUT2D eigenvalue weighted by Gasteiger charge is -2.06. The van der Waals surface area contributed by atoms with Crippen LogP contribution in [0.5, 0.6) is 0 Å². The lowest BCUT2D eigenvalue weighted by atomic mass is 10.0. The summed E-state index contributed by atoms with van der Waals surface area (Å²) in [7, 11) is 0. The van der Waals surface area contributed by atoms with Crippen LogP contribution < -0.4 is 0 Å². The van der Waals surface area contributed by atoms with Gasteiger partial charge in [0, 0.05) is 23.5 Å². The monoisotopic (exact) mass is 308 g/mol. The average molecular weight is 308 g/mol. The van der Waals surface area contributed by atoms with Gasteiger partial charge in [0.25, 0.3) is 0 Å². The van der Waals surface area contributed by atoms with Gasteiger partial charge in [-0.1, -0.05) is 60.7 Å². The molecule has 0 aliphatic heterocycles. The molecular weight excluding hydrogens is 292 g/mol. The fraction of sp³-hybridized carbons (Fsp3) is 0. The van der Waals surface area contributed by atoms with E-state index in [1.165, 1.54) is 11.1 Å². The molecule has 0 saturated heterocycles. The summed E-state index contributed by atoms with van der Waals surface area (Å²) < 4.78 is 0. The number of aromatic nitrogens is 2. The molecule has 4 aromatic rings. The molecule has 0 amide bonds. The van der Waals surface area contributed by atoms with E-state index in [1.807, 2.05) is 48.8 Å². The van der Waals surface area contributed by atoms with Gasteiger partial charge in [0.15, 0.2) is 0 Å². The summed E-state index contributed by atoms with van der Waals surface area (Å²) in [6.07, 6.45) is 3.64. The molecule has 2 aromatic carbocycles. The van der Waals surface area contributed by atoms with E-state index in [1.54, 1.807) is 0 Å². The van der Waals surface area contributed by atoms with Crippen molar-refractivity contribution < 1.29 is 0 Å². The fourth-order valence-corrected chi connectivity index (χ4v) is 2.73. The minimum Gasteiger partial charge on any atom is -0.256 e. The summed E-state index contributed by atoms with van der Waals surface area (Å²) in [5.41, 5.74) is 6.64. The molecule has 0 atom stereocenters. The second kappa shape index (κ2) is 6.47. The van der Waals surface area contributed by atoms with Crippen LogP contribution in [0.1, 0.15) is 0 Å². The molecule has 24 heavy (non-hydrogen) atoms. The van der Waals surface area contributed by atoms with Crippen molar-refractivity contribution in [3.8, 4) is 33.6 Å². The third-order valence-electron chi connectivity index (χ3n) is 4.02. The molecule has 0 unspecified atom stereocenters. The fourth-order valence-electron chi connectivity index (χ4n) is 2.73. The van der Waals surface area contributed by atoms with Crippen LogP contribution in [-0.2, 0) is 0 Å². The molecule has 2 aromatic heterocycles. The SMILES string of the molecule is c1ccc(-c2ccc(-c3ccc(-c4ccccn4)cc3)cc2)nc1. The smallest absolute Gasteiger partial charge is 0.0701 e. The Balaban J connectivity index is 1.60. The van der Waals surface area contributed by atoms with Crippen LogP contribution in [-0.4, -0.2) is 9.97 Å². The standard InChI is InChI=1S/C22H16N2/c1-3-15-23-21(5-1)19-11-7-17(8-12-19)18-9-13-20(14-10-18)22-6-2-4-16-24-22/h1-16H. The molecule has 0 fully saturated rings. The van der Waals surface area contributed by atoms with Gasteiger partial charge in [0.2, 0.25) is 0 Å². The normalized spacial score (nSPS) is 10.5. The number of hydrogen-bond acceptors (Lipinski definition) is 2. The van der Waals surface area contributed by atoms with Gasteiger partial charge in [-0.2, -0.15) is 0 Å². The van der Waals surface area contributed by atoms with E-state index in [9.17, 15) is 0 Å². The molecule has 0 radical (unpaired) electrons. The van der Waals surface area contributed by atoms with E-state index >= 15 is 0 Å². The first-order chi connectivity index (χ1) is 11.9. The van der Waals surface area contributed by atoms with Gasteiger partial charge in [0.1, 0.15) is 0 Å². The Morgan fingerprint density at radius 3 is 1.08 bits per heavy atom. The van der Waals surface area contributed by atoms with Gasteiger partial charge < -0.3 is 0 Å². The van der Waals surface area contributed by atoms with Crippen molar-refractivity contribution in [3.05, 3.63) is 97.3 Å². The van der Waals surface area contributed by atoms with E-state index in [0.29, 0.717) is 0 Å². The predicted molar refractivity (Wildman–Crippen MR) is 98.3 cm³/mol. The average Bonchev–Trinajstić information content (AvgIpc) is 2.70. The molecule has 4 rings (SSSR count). The first kappa shape index (κ1) is 14.3. The molecule has 2 nitrogen and oxygen atoms in total. The van der Waals surface area contributed by atoms with Crippen LogP contribution >= 0.6 is 0 Å². The highest BCUT2D eigenvalue weighted by molar-refractivity contribution is 5.71. The Hall–Kier alpha value is -3.26. The third kappa shape index (κ3) is 2.95. The maximum atomic E-state index is 4.39. The Labute approximate surface area is 141 Å². The summed E-state index contributed by atoms with van der Waals surface area (Å²) in [5, 5.41) is 0.